The van der Waals surface area contributed by atoms with Gasteiger partial charge in [0.2, 0.25) is 0 Å². The Morgan fingerprint density at radius 3 is 0.714 bits per heavy atom. The molecule has 0 saturated heterocycles. The van der Waals surface area contributed by atoms with Gasteiger partial charge in [-0.05, 0) is 0 Å². The molecule has 0 aliphatic carbocycles. The summed E-state index contributed by atoms with van der Waals surface area (Å²) in [6.45, 7) is 0. The summed E-state index contributed by atoms with van der Waals surface area (Å²) in [5, 5.41) is 0. The molecule has 7 heavy (non-hydrogen) atoms. The molecule has 0 atom stereocenters. The van der Waals surface area contributed by atoms with Gasteiger partial charge in [0.15, 0.2) is 0 Å². The normalized spacial score (nSPS) is 0. The summed E-state index contributed by atoms with van der Waals surface area (Å²) >= 11 is 0. The molecule has 0 saturated carbocycles. The van der Waals surface area contributed by atoms with E-state index < -0.39 is 0 Å². The van der Waals surface area contributed by atoms with Crippen LogP contribution in [0.25, 0.3) is 0 Å². The Balaban J connectivity index is 0. The van der Waals surface area contributed by atoms with Gasteiger partial charge in [-0.2, -0.15) is 0 Å². The molecular formula is H3AlO5Ti. The van der Waals surface area contributed by atoms with E-state index in [1.807, 2.05) is 0 Å². The Hall–Kier alpha value is 1.05. The predicted octanol–water partition coefficient (Wildman–Crippen LogP) is -1.74. The molecule has 0 fully saturated rings. The molecule has 0 unspecified atom stereocenters. The Labute approximate surface area is 66.7 Å². The third kappa shape index (κ3) is 164. The molecule has 0 aromatic heterocycles. The zero-order chi connectivity index (χ0) is 0. The Morgan fingerprint density at radius 2 is 0.714 bits per heavy atom. The van der Waals surface area contributed by atoms with Crippen molar-refractivity contribution in [1.82, 2.24) is 0 Å². The molecule has 0 bridgehead atoms. The average Bonchev–Trinajstić information content (AvgIpc) is 0. The second kappa shape index (κ2) is 235. The molecule has 0 spiro atoms. The van der Waals surface area contributed by atoms with Crippen LogP contribution >= 0.6 is 0 Å². The van der Waals surface area contributed by atoms with Crippen molar-refractivity contribution in [2.45, 2.75) is 0 Å². The first-order chi connectivity index (χ1) is 0. The van der Waals surface area contributed by atoms with Crippen molar-refractivity contribution < 1.29 is 49.1 Å². The van der Waals surface area contributed by atoms with Gasteiger partial charge in [0.1, 0.15) is 0 Å². The van der Waals surface area contributed by atoms with Crippen LogP contribution in [0.2, 0.25) is 0 Å². The van der Waals surface area contributed by atoms with Crippen LogP contribution in [0.15, 0.2) is 0 Å². The van der Waals surface area contributed by atoms with Crippen LogP contribution in [-0.4, -0.2) is 28.3 Å². The second-order valence-electron chi connectivity index (χ2n) is 0. The summed E-state index contributed by atoms with van der Waals surface area (Å²) in [6.07, 6.45) is 0. The van der Waals surface area contributed by atoms with Crippen LogP contribution in [-0.2, 0) is 38.1 Å². The number of hydrogen-bond acceptors (Lipinski definition) is 1. The van der Waals surface area contributed by atoms with Gasteiger partial charge in [-0.1, -0.05) is 0 Å². The summed E-state index contributed by atoms with van der Waals surface area (Å²) in [7, 11) is 0. The summed E-state index contributed by atoms with van der Waals surface area (Å²) in [6, 6.07) is 0. The first-order valence-electron chi connectivity index (χ1n) is 0. The fourth-order valence-electron chi connectivity index (χ4n) is 0. The van der Waals surface area contributed by atoms with Crippen molar-refractivity contribution in [3.63, 3.8) is 0 Å². The van der Waals surface area contributed by atoms with E-state index in [1.54, 1.807) is 0 Å². The largest absolute Gasteiger partial charge is 4.00 e. The third-order valence-electron chi connectivity index (χ3n) is 0. The van der Waals surface area contributed by atoms with Gasteiger partial charge in [-0.15, -0.1) is 0 Å². The monoisotopic (exact) mass is 158 g/mol. The molecule has 0 heterocycles. The van der Waals surface area contributed by atoms with Crippen molar-refractivity contribution in [1.29, 1.82) is 0 Å². The van der Waals surface area contributed by atoms with Gasteiger partial charge in [-0.25, -0.2) is 0 Å². The quantitative estimate of drug-likeness (QED) is 0.378. The first-order valence-corrected chi connectivity index (χ1v) is 0. The van der Waals surface area contributed by atoms with Crippen molar-refractivity contribution in [2.24, 2.45) is 0 Å². The molecule has 0 radical (unpaired) electrons. The summed E-state index contributed by atoms with van der Waals surface area (Å²) in [4.78, 5) is 0. The first kappa shape index (κ1) is 365. The van der Waals surface area contributed by atoms with Gasteiger partial charge >= 0.3 is 39.1 Å². The van der Waals surface area contributed by atoms with E-state index in [-0.39, 0.29) is 66.5 Å². The summed E-state index contributed by atoms with van der Waals surface area (Å²) in [5.41, 5.74) is 0. The van der Waals surface area contributed by atoms with Crippen LogP contribution < -0.4 is 0 Å². The zero-order valence-electron chi connectivity index (χ0n) is 3.25. The second-order valence-corrected chi connectivity index (χ2v) is 0. The molecule has 40 valence electrons. The maximum atomic E-state index is 0. The van der Waals surface area contributed by atoms with Crippen molar-refractivity contribution >= 4 is 17.4 Å². The number of rotatable bonds is 0. The van der Waals surface area contributed by atoms with E-state index in [4.69, 9.17) is 0 Å². The van der Waals surface area contributed by atoms with Gasteiger partial charge in [0.25, 0.3) is 0 Å². The zero-order valence-corrected chi connectivity index (χ0v) is 5.97. The molecule has 0 aromatic carbocycles. The molecule has 7 heteroatoms. The van der Waals surface area contributed by atoms with E-state index in [1.165, 1.54) is 0 Å². The minimum absolute atomic E-state index is 0. The van der Waals surface area contributed by atoms with Gasteiger partial charge in [0, 0.05) is 0 Å². The molecule has 0 rings (SSSR count). The van der Waals surface area contributed by atoms with Crippen molar-refractivity contribution in [3.8, 4) is 0 Å². The summed E-state index contributed by atoms with van der Waals surface area (Å²) in [5.74, 6) is 0. The molecule has 0 aliphatic rings. The summed E-state index contributed by atoms with van der Waals surface area (Å²) < 4.78 is 0. The SMILES string of the molecule is O.[Al+3].[O-2].[O-2].[O-2].[OH-].[Ti+4]. The van der Waals surface area contributed by atoms with E-state index in [2.05, 4.69) is 0 Å². The van der Waals surface area contributed by atoms with Crippen molar-refractivity contribution in [3.05, 3.63) is 0 Å². The molecule has 0 amide bonds. The Kier molecular flexibility index (Phi) is 12300. The van der Waals surface area contributed by atoms with Crippen LogP contribution in [0.5, 0.6) is 0 Å². The van der Waals surface area contributed by atoms with Crippen molar-refractivity contribution in [2.75, 3.05) is 0 Å². The van der Waals surface area contributed by atoms with E-state index >= 15 is 0 Å². The smallest absolute Gasteiger partial charge is 2.00 e. The minimum Gasteiger partial charge on any atom is -2.00 e. The van der Waals surface area contributed by atoms with Crippen LogP contribution in [0.4, 0.5) is 0 Å². The van der Waals surface area contributed by atoms with Crippen LogP contribution in [0.3, 0.4) is 0 Å². The minimum atomic E-state index is 0. The standard InChI is InChI=1S/Al.2H2O.3O.Ti/h;2*1H2;;;;/q+3;;;3*-2;+4/p-1. The van der Waals surface area contributed by atoms with E-state index in [0.717, 1.165) is 0 Å². The topological polar surface area (TPSA) is 147 Å². The van der Waals surface area contributed by atoms with Gasteiger partial charge < -0.3 is 27.4 Å². The van der Waals surface area contributed by atoms with E-state index in [0.29, 0.717) is 0 Å². The van der Waals surface area contributed by atoms with Gasteiger partial charge in [0.05, 0.1) is 0 Å². The molecule has 5 nitrogen and oxygen atoms in total. The fraction of sp³-hybridized carbons (Fsp3) is 0. The molecule has 0 aromatic rings. The van der Waals surface area contributed by atoms with Gasteiger partial charge in [-0.3, -0.25) is 0 Å². The number of hydrogen-bond donors (Lipinski definition) is 0. The third-order valence-corrected chi connectivity index (χ3v) is 0. The molecular weight excluding hydrogens is 155 g/mol. The molecule has 3 N–H and O–H groups in total. The average molecular weight is 158 g/mol. The van der Waals surface area contributed by atoms with E-state index in [9.17, 15) is 0 Å². The maximum absolute atomic E-state index is 0. The Bertz CT molecular complexity index is 8.04. The molecule has 0 aliphatic heterocycles. The Morgan fingerprint density at radius 1 is 0.714 bits per heavy atom. The maximum Gasteiger partial charge on any atom is 4.00 e. The van der Waals surface area contributed by atoms with Crippen LogP contribution in [0, 0.1) is 0 Å². The fourth-order valence-corrected chi connectivity index (χ4v) is 0. The van der Waals surface area contributed by atoms with Crippen LogP contribution in [0.1, 0.15) is 0 Å². The predicted molar refractivity (Wildman–Crippen MR) is 13.4 cm³/mol.